The molecule has 8 heteroatoms. The summed E-state index contributed by atoms with van der Waals surface area (Å²) in [6.45, 7) is 3.67. The molecule has 0 bridgehead atoms. The number of aliphatic carboxylic acids is 1. The Balaban J connectivity index is 2.15. The molecule has 2 amide bonds. The van der Waals surface area contributed by atoms with Crippen LogP contribution in [0.2, 0.25) is 10.0 Å². The molecule has 0 spiro atoms. The molecule has 1 aliphatic heterocycles. The molecule has 6 nitrogen and oxygen atoms in total. The minimum absolute atomic E-state index is 0.182. The third-order valence-electron chi connectivity index (χ3n) is 6.18. The number of carbonyl (C=O) groups is 3. The Bertz CT molecular complexity index is 1010. The second-order valence-corrected chi connectivity index (χ2v) is 9.31. The van der Waals surface area contributed by atoms with Crippen molar-refractivity contribution in [2.45, 2.75) is 51.1 Å². The average molecular weight is 491 g/mol. The molecule has 176 valence electrons. The van der Waals surface area contributed by atoms with Crippen LogP contribution in [0.15, 0.2) is 48.5 Å². The Morgan fingerprint density at radius 2 is 1.82 bits per heavy atom. The largest absolute Gasteiger partial charge is 0.481 e. The molecule has 0 radical (unpaired) electrons. The maximum Gasteiger partial charge on any atom is 0.304 e. The Hall–Kier alpha value is -2.57. The number of nitrogens with one attached hydrogen (secondary N) is 1. The van der Waals surface area contributed by atoms with Crippen LogP contribution in [0.5, 0.6) is 0 Å². The van der Waals surface area contributed by atoms with E-state index < -0.39 is 11.9 Å². The number of piperidine rings is 1. The summed E-state index contributed by atoms with van der Waals surface area (Å²) in [5, 5.41) is 13.5. The van der Waals surface area contributed by atoms with Gasteiger partial charge in [-0.3, -0.25) is 14.4 Å². The smallest absolute Gasteiger partial charge is 0.304 e. The molecule has 33 heavy (non-hydrogen) atoms. The minimum Gasteiger partial charge on any atom is -0.481 e. The van der Waals surface area contributed by atoms with Crippen molar-refractivity contribution in [2.75, 3.05) is 6.54 Å². The van der Waals surface area contributed by atoms with E-state index in [2.05, 4.69) is 5.32 Å². The van der Waals surface area contributed by atoms with E-state index in [9.17, 15) is 19.5 Å². The highest BCUT2D eigenvalue weighted by Crippen LogP contribution is 2.47. The fourth-order valence-corrected chi connectivity index (χ4v) is 5.00. The summed E-state index contributed by atoms with van der Waals surface area (Å²) >= 11 is 12.4. The zero-order valence-corrected chi connectivity index (χ0v) is 20.1. The highest BCUT2D eigenvalue weighted by atomic mass is 35.5. The lowest BCUT2D eigenvalue weighted by Gasteiger charge is -2.48. The second-order valence-electron chi connectivity index (χ2n) is 8.43. The summed E-state index contributed by atoms with van der Waals surface area (Å²) in [6.07, 6.45) is 0.723. The van der Waals surface area contributed by atoms with E-state index in [1.54, 1.807) is 23.1 Å². The lowest BCUT2D eigenvalue weighted by atomic mass is 9.74. The van der Waals surface area contributed by atoms with Crippen LogP contribution in [-0.2, 0) is 14.4 Å². The normalized spacial score (nSPS) is 21.5. The number of hydrogen-bond donors (Lipinski definition) is 2. The van der Waals surface area contributed by atoms with Crippen LogP contribution in [0.3, 0.4) is 0 Å². The minimum atomic E-state index is -1.02. The SMILES string of the molecule is CC[C@@H](CNC(C)=O)N1C(=O)[C@@H](CC(=O)O)C[C@H](c2cccc(Cl)c2)C1c1ccc(Cl)cc1. The number of carbonyl (C=O) groups excluding carboxylic acids is 2. The van der Waals surface area contributed by atoms with E-state index in [0.717, 1.165) is 11.1 Å². The Labute approximate surface area is 203 Å². The molecular formula is C25H28Cl2N2O4. The first kappa shape index (κ1) is 25.1. The van der Waals surface area contributed by atoms with Gasteiger partial charge in [0.05, 0.1) is 12.5 Å². The van der Waals surface area contributed by atoms with Crippen LogP contribution in [0.1, 0.15) is 56.2 Å². The van der Waals surface area contributed by atoms with Gasteiger partial charge in [0.25, 0.3) is 0 Å². The van der Waals surface area contributed by atoms with E-state index in [0.29, 0.717) is 22.9 Å². The number of rotatable bonds is 8. The molecular weight excluding hydrogens is 463 g/mol. The van der Waals surface area contributed by atoms with Gasteiger partial charge in [0.1, 0.15) is 0 Å². The number of hydrogen-bond acceptors (Lipinski definition) is 3. The Morgan fingerprint density at radius 3 is 2.39 bits per heavy atom. The fraction of sp³-hybridized carbons (Fsp3) is 0.400. The Morgan fingerprint density at radius 1 is 1.12 bits per heavy atom. The van der Waals surface area contributed by atoms with Gasteiger partial charge in [0.15, 0.2) is 0 Å². The zero-order chi connectivity index (χ0) is 24.1. The van der Waals surface area contributed by atoms with Crippen molar-refractivity contribution in [1.29, 1.82) is 0 Å². The molecule has 0 aromatic heterocycles. The molecule has 0 saturated carbocycles. The first-order valence-corrected chi connectivity index (χ1v) is 11.8. The lowest BCUT2D eigenvalue weighted by Crippen LogP contribution is -2.54. The third-order valence-corrected chi connectivity index (χ3v) is 6.67. The first-order valence-electron chi connectivity index (χ1n) is 11.0. The van der Waals surface area contributed by atoms with E-state index in [1.165, 1.54) is 6.92 Å². The number of carboxylic acid groups (broad SMARTS) is 1. The standard InChI is InChI=1S/C25H28Cl2N2O4/c1-3-21(14-28-15(2)30)29-24(16-7-9-19(26)10-8-16)22(17-5-4-6-20(27)11-17)12-18(25(29)33)13-23(31)32/h4-11,18,21-22,24H,3,12-14H2,1-2H3,(H,28,30)(H,31,32)/t18-,21+,22-,24?/m1/s1. The molecule has 2 aromatic carbocycles. The summed E-state index contributed by atoms with van der Waals surface area (Å²) < 4.78 is 0. The molecule has 1 aliphatic rings. The predicted octanol–water partition coefficient (Wildman–Crippen LogP) is 5.06. The van der Waals surface area contributed by atoms with Gasteiger partial charge >= 0.3 is 5.97 Å². The van der Waals surface area contributed by atoms with Gasteiger partial charge < -0.3 is 15.3 Å². The van der Waals surface area contributed by atoms with Crippen LogP contribution >= 0.6 is 23.2 Å². The number of nitrogens with zero attached hydrogens (tertiary/aromatic N) is 1. The van der Waals surface area contributed by atoms with E-state index in [1.807, 2.05) is 37.3 Å². The highest BCUT2D eigenvalue weighted by molar-refractivity contribution is 6.30. The maximum absolute atomic E-state index is 13.7. The van der Waals surface area contributed by atoms with Gasteiger partial charge in [-0.05, 0) is 48.2 Å². The summed E-state index contributed by atoms with van der Waals surface area (Å²) in [5.41, 5.74) is 1.83. The third kappa shape index (κ3) is 6.06. The molecule has 1 unspecified atom stereocenters. The van der Waals surface area contributed by atoms with Crippen molar-refractivity contribution in [2.24, 2.45) is 5.92 Å². The summed E-state index contributed by atoms with van der Waals surface area (Å²) in [4.78, 5) is 38.7. The zero-order valence-electron chi connectivity index (χ0n) is 18.6. The number of amides is 2. The summed E-state index contributed by atoms with van der Waals surface area (Å²) in [7, 11) is 0. The molecule has 2 N–H and O–H groups in total. The van der Waals surface area contributed by atoms with E-state index >= 15 is 0 Å². The van der Waals surface area contributed by atoms with Gasteiger partial charge in [-0.2, -0.15) is 0 Å². The van der Waals surface area contributed by atoms with Gasteiger partial charge in [0.2, 0.25) is 11.8 Å². The van der Waals surface area contributed by atoms with E-state index in [4.69, 9.17) is 23.2 Å². The highest BCUT2D eigenvalue weighted by Gasteiger charge is 2.46. The van der Waals surface area contributed by atoms with Crippen LogP contribution in [0.25, 0.3) is 0 Å². The molecule has 4 atom stereocenters. The van der Waals surface area contributed by atoms with Crippen molar-refractivity contribution in [3.8, 4) is 0 Å². The van der Waals surface area contributed by atoms with Gasteiger partial charge in [-0.25, -0.2) is 0 Å². The lowest BCUT2D eigenvalue weighted by molar-refractivity contribution is -0.152. The van der Waals surface area contributed by atoms with Crippen LogP contribution in [0.4, 0.5) is 0 Å². The average Bonchev–Trinajstić information content (AvgIpc) is 2.76. The van der Waals surface area contributed by atoms with E-state index in [-0.39, 0.29) is 42.8 Å². The maximum atomic E-state index is 13.7. The molecule has 1 saturated heterocycles. The molecule has 3 rings (SSSR count). The van der Waals surface area contributed by atoms with Gasteiger partial charge in [-0.15, -0.1) is 0 Å². The second kappa shape index (κ2) is 11.0. The monoisotopic (exact) mass is 490 g/mol. The quantitative estimate of drug-likeness (QED) is 0.541. The summed E-state index contributed by atoms with van der Waals surface area (Å²) in [5.74, 6) is -2.28. The number of carboxylic acids is 1. The van der Waals surface area contributed by atoms with Crippen LogP contribution < -0.4 is 5.32 Å². The number of benzene rings is 2. The molecule has 0 aliphatic carbocycles. The predicted molar refractivity (Wildman–Crippen MR) is 128 cm³/mol. The van der Waals surface area contributed by atoms with Crippen LogP contribution in [0, 0.1) is 5.92 Å². The fourth-order valence-electron chi connectivity index (χ4n) is 4.68. The van der Waals surface area contributed by atoms with Crippen LogP contribution in [-0.4, -0.2) is 40.4 Å². The Kier molecular flexibility index (Phi) is 8.38. The van der Waals surface area contributed by atoms with Crippen molar-refractivity contribution in [1.82, 2.24) is 10.2 Å². The number of likely N-dealkylation sites (tertiary alicyclic amines) is 1. The van der Waals surface area contributed by atoms with Gasteiger partial charge in [-0.1, -0.05) is 54.4 Å². The molecule has 1 fully saturated rings. The summed E-state index contributed by atoms with van der Waals surface area (Å²) in [6, 6.07) is 14.2. The van der Waals surface area contributed by atoms with Gasteiger partial charge in [0, 0.05) is 41.4 Å². The molecule has 2 aromatic rings. The number of halogens is 2. The molecule has 1 heterocycles. The van der Waals surface area contributed by atoms with Crippen molar-refractivity contribution in [3.05, 3.63) is 69.7 Å². The topological polar surface area (TPSA) is 86.7 Å². The first-order chi connectivity index (χ1) is 15.7. The van der Waals surface area contributed by atoms with Crippen molar-refractivity contribution >= 4 is 41.0 Å². The van der Waals surface area contributed by atoms with Crippen molar-refractivity contribution < 1.29 is 19.5 Å². The van der Waals surface area contributed by atoms with Crippen molar-refractivity contribution in [3.63, 3.8) is 0 Å².